The molecule has 0 rings (SSSR count). The minimum Gasteiger partial charge on any atom is -0.372 e. The summed E-state index contributed by atoms with van der Waals surface area (Å²) in [5, 5.41) is 2.89. The van der Waals surface area contributed by atoms with E-state index in [4.69, 9.17) is 16.3 Å². The van der Waals surface area contributed by atoms with Gasteiger partial charge >= 0.3 is 0 Å². The van der Waals surface area contributed by atoms with E-state index in [0.717, 1.165) is 12.8 Å². The van der Waals surface area contributed by atoms with Crippen LogP contribution >= 0.6 is 11.6 Å². The summed E-state index contributed by atoms with van der Waals surface area (Å²) in [6.07, 6.45) is 1.75. The lowest BCUT2D eigenvalue weighted by molar-refractivity contribution is -0.125. The number of rotatable bonds is 7. The molecular weight excluding hydrogens is 190 g/mol. The average molecular weight is 208 g/mol. The van der Waals surface area contributed by atoms with Crippen LogP contribution in [-0.2, 0) is 9.53 Å². The van der Waals surface area contributed by atoms with Crippen molar-refractivity contribution in [3.63, 3.8) is 0 Å². The van der Waals surface area contributed by atoms with E-state index < -0.39 is 0 Å². The molecule has 0 spiro atoms. The highest BCUT2D eigenvalue weighted by Gasteiger charge is 2.03. The van der Waals surface area contributed by atoms with Gasteiger partial charge in [-0.2, -0.15) is 0 Å². The van der Waals surface area contributed by atoms with Crippen LogP contribution in [0.2, 0.25) is 0 Å². The van der Waals surface area contributed by atoms with E-state index >= 15 is 0 Å². The van der Waals surface area contributed by atoms with Gasteiger partial charge in [-0.05, 0) is 19.8 Å². The largest absolute Gasteiger partial charge is 0.372 e. The third-order valence-electron chi connectivity index (χ3n) is 1.66. The fourth-order valence-corrected chi connectivity index (χ4v) is 0.927. The Kier molecular flexibility index (Phi) is 8.14. The zero-order valence-corrected chi connectivity index (χ0v) is 9.06. The molecule has 0 aromatic carbocycles. The third kappa shape index (κ3) is 8.06. The monoisotopic (exact) mass is 207 g/mol. The summed E-state index contributed by atoms with van der Waals surface area (Å²) in [7, 11) is 0. The van der Waals surface area contributed by atoms with Crippen molar-refractivity contribution in [2.45, 2.75) is 32.1 Å². The minimum absolute atomic E-state index is 0.0678. The minimum atomic E-state index is -0.0678. The van der Waals surface area contributed by atoms with Gasteiger partial charge in [-0.1, -0.05) is 6.92 Å². The topological polar surface area (TPSA) is 38.3 Å². The Morgan fingerprint density at radius 2 is 2.23 bits per heavy atom. The highest BCUT2D eigenvalue weighted by Crippen LogP contribution is 2.04. The van der Waals surface area contributed by atoms with Crippen LogP contribution in [-0.4, -0.2) is 31.0 Å². The number of alkyl halides is 1. The lowest BCUT2D eigenvalue weighted by atomic mass is 10.2. The molecule has 0 heterocycles. The quantitative estimate of drug-likeness (QED) is 0.644. The van der Waals surface area contributed by atoms with Gasteiger partial charge in [-0.3, -0.25) is 4.79 Å². The summed E-state index contributed by atoms with van der Waals surface area (Å²) in [5.74, 6) is -0.0678. The van der Waals surface area contributed by atoms with Gasteiger partial charge in [0.05, 0.1) is 0 Å². The molecule has 0 aromatic rings. The van der Waals surface area contributed by atoms with Crippen molar-refractivity contribution in [3.05, 3.63) is 0 Å². The molecule has 1 amide bonds. The first-order valence-corrected chi connectivity index (χ1v) is 5.12. The number of nitrogens with one attached hydrogen (secondary N) is 1. The number of amides is 1. The maximum atomic E-state index is 11.0. The Morgan fingerprint density at radius 1 is 1.54 bits per heavy atom. The highest BCUT2D eigenvalue weighted by molar-refractivity contribution is 6.20. The Bertz CT molecular complexity index is 142. The lowest BCUT2D eigenvalue weighted by Gasteiger charge is -2.07. The van der Waals surface area contributed by atoms with Crippen molar-refractivity contribution in [1.82, 2.24) is 5.32 Å². The SMILES string of the molecule is CCOCC(=O)NCCC(Cl)CC. The zero-order chi connectivity index (χ0) is 10.1. The van der Waals surface area contributed by atoms with Crippen LogP contribution in [0.1, 0.15) is 26.7 Å². The van der Waals surface area contributed by atoms with Gasteiger partial charge in [-0.15, -0.1) is 11.6 Å². The van der Waals surface area contributed by atoms with E-state index in [-0.39, 0.29) is 17.9 Å². The standard InChI is InChI=1S/C9H18ClNO2/c1-3-8(10)5-6-11-9(12)7-13-4-2/h8H,3-7H2,1-2H3,(H,11,12). The average Bonchev–Trinajstić information content (AvgIpc) is 2.14. The maximum Gasteiger partial charge on any atom is 0.245 e. The van der Waals surface area contributed by atoms with Gasteiger partial charge < -0.3 is 10.1 Å². The molecule has 0 bridgehead atoms. The van der Waals surface area contributed by atoms with Crippen molar-refractivity contribution in [2.24, 2.45) is 0 Å². The molecule has 0 saturated heterocycles. The molecule has 0 radical (unpaired) electrons. The first-order chi connectivity index (χ1) is 6.20. The van der Waals surface area contributed by atoms with Gasteiger partial charge in [0.1, 0.15) is 6.61 Å². The van der Waals surface area contributed by atoms with Crippen LogP contribution in [0.15, 0.2) is 0 Å². The number of hydrogen-bond acceptors (Lipinski definition) is 2. The highest BCUT2D eigenvalue weighted by atomic mass is 35.5. The molecule has 1 unspecified atom stereocenters. The van der Waals surface area contributed by atoms with E-state index in [0.29, 0.717) is 13.2 Å². The summed E-state index contributed by atoms with van der Waals surface area (Å²) in [5.41, 5.74) is 0. The second kappa shape index (κ2) is 8.32. The van der Waals surface area contributed by atoms with Gasteiger partial charge in [-0.25, -0.2) is 0 Å². The molecule has 0 aliphatic heterocycles. The summed E-state index contributed by atoms with van der Waals surface area (Å²) in [4.78, 5) is 11.0. The van der Waals surface area contributed by atoms with Crippen molar-refractivity contribution < 1.29 is 9.53 Å². The molecular formula is C9H18ClNO2. The van der Waals surface area contributed by atoms with Gasteiger partial charge in [0.25, 0.3) is 0 Å². The van der Waals surface area contributed by atoms with Gasteiger partial charge in [0, 0.05) is 18.5 Å². The normalized spacial score (nSPS) is 12.5. The summed E-state index contributed by atoms with van der Waals surface area (Å²) in [6.45, 7) is 5.24. The molecule has 4 heteroatoms. The van der Waals surface area contributed by atoms with Crippen LogP contribution in [0.25, 0.3) is 0 Å². The molecule has 0 aliphatic rings. The Labute approximate surface area is 84.8 Å². The third-order valence-corrected chi connectivity index (χ3v) is 2.19. The smallest absolute Gasteiger partial charge is 0.245 e. The summed E-state index contributed by atoms with van der Waals surface area (Å²) >= 11 is 5.87. The number of halogens is 1. The van der Waals surface area contributed by atoms with Crippen molar-refractivity contribution >= 4 is 17.5 Å². The summed E-state index contributed by atoms with van der Waals surface area (Å²) < 4.78 is 4.93. The van der Waals surface area contributed by atoms with Crippen LogP contribution in [0.4, 0.5) is 0 Å². The molecule has 78 valence electrons. The lowest BCUT2D eigenvalue weighted by Crippen LogP contribution is -2.29. The van der Waals surface area contributed by atoms with Crippen LogP contribution in [0, 0.1) is 0 Å². The van der Waals surface area contributed by atoms with E-state index in [1.165, 1.54) is 0 Å². The second-order valence-corrected chi connectivity index (χ2v) is 3.40. The Hall–Kier alpha value is -0.280. The van der Waals surface area contributed by atoms with E-state index in [1.54, 1.807) is 0 Å². The molecule has 0 aromatic heterocycles. The summed E-state index contributed by atoms with van der Waals surface area (Å²) in [6, 6.07) is 0. The fourth-order valence-electron chi connectivity index (χ4n) is 0.818. The predicted molar refractivity (Wildman–Crippen MR) is 54.1 cm³/mol. The molecule has 0 saturated carbocycles. The van der Waals surface area contributed by atoms with E-state index in [1.807, 2.05) is 13.8 Å². The van der Waals surface area contributed by atoms with Crippen LogP contribution < -0.4 is 5.32 Å². The van der Waals surface area contributed by atoms with Crippen molar-refractivity contribution in [2.75, 3.05) is 19.8 Å². The first-order valence-electron chi connectivity index (χ1n) is 4.69. The van der Waals surface area contributed by atoms with E-state index in [9.17, 15) is 4.79 Å². The zero-order valence-electron chi connectivity index (χ0n) is 8.31. The van der Waals surface area contributed by atoms with Crippen LogP contribution in [0.5, 0.6) is 0 Å². The predicted octanol–water partition coefficient (Wildman–Crippen LogP) is 1.55. The first kappa shape index (κ1) is 12.7. The van der Waals surface area contributed by atoms with Gasteiger partial charge in [0.15, 0.2) is 0 Å². The van der Waals surface area contributed by atoms with Crippen LogP contribution in [0.3, 0.4) is 0 Å². The molecule has 13 heavy (non-hydrogen) atoms. The molecule has 1 N–H and O–H groups in total. The second-order valence-electron chi connectivity index (χ2n) is 2.78. The van der Waals surface area contributed by atoms with Crippen molar-refractivity contribution in [1.29, 1.82) is 0 Å². The Balaban J connectivity index is 3.26. The number of hydrogen-bond donors (Lipinski definition) is 1. The van der Waals surface area contributed by atoms with Gasteiger partial charge in [0.2, 0.25) is 5.91 Å². The molecule has 3 nitrogen and oxygen atoms in total. The Morgan fingerprint density at radius 3 is 2.77 bits per heavy atom. The van der Waals surface area contributed by atoms with E-state index in [2.05, 4.69) is 5.32 Å². The number of carbonyl (C=O) groups is 1. The number of ether oxygens (including phenoxy) is 1. The maximum absolute atomic E-state index is 11.0. The fraction of sp³-hybridized carbons (Fsp3) is 0.889. The molecule has 1 atom stereocenters. The molecule has 0 fully saturated rings. The number of carbonyl (C=O) groups excluding carboxylic acids is 1. The molecule has 0 aliphatic carbocycles. The van der Waals surface area contributed by atoms with Crippen molar-refractivity contribution in [3.8, 4) is 0 Å².